The Labute approximate surface area is 151 Å². The van der Waals surface area contributed by atoms with E-state index in [2.05, 4.69) is 4.72 Å². The zero-order chi connectivity index (χ0) is 19.8. The molecule has 0 fully saturated rings. The number of hydrogen-bond acceptors (Lipinski definition) is 3. The molecule has 0 aliphatic rings. The molecule has 0 saturated heterocycles. The molecule has 0 unspecified atom stereocenters. The monoisotopic (exact) mass is 387 g/mol. The van der Waals surface area contributed by atoms with Crippen LogP contribution in [0.1, 0.15) is 73.6 Å². The van der Waals surface area contributed by atoms with E-state index in [-0.39, 0.29) is 6.42 Å². The molecular formula is C17H32F3NO3S. The molecule has 0 bridgehead atoms. The number of esters is 1. The van der Waals surface area contributed by atoms with Gasteiger partial charge >= 0.3 is 12.1 Å². The summed E-state index contributed by atoms with van der Waals surface area (Å²) in [6.45, 7) is 9.91. The topological polar surface area (TPSA) is 55.4 Å². The molecule has 25 heavy (non-hydrogen) atoms. The fraction of sp³-hybridized carbons (Fsp3) is 0.941. The second kappa shape index (κ2) is 10.5. The minimum Gasteiger partial charge on any atom is -0.463 e. The van der Waals surface area contributed by atoms with Crippen LogP contribution in [0.15, 0.2) is 0 Å². The van der Waals surface area contributed by atoms with Crippen molar-refractivity contribution in [1.29, 1.82) is 0 Å². The quantitative estimate of drug-likeness (QED) is 0.443. The van der Waals surface area contributed by atoms with E-state index in [1.807, 2.05) is 6.92 Å². The van der Waals surface area contributed by atoms with Gasteiger partial charge in [0.15, 0.2) is 0 Å². The Balaban J connectivity index is 5.42. The van der Waals surface area contributed by atoms with Crippen molar-refractivity contribution in [2.45, 2.75) is 96.7 Å². The summed E-state index contributed by atoms with van der Waals surface area (Å²) in [6.07, 6.45) is -2.10. The third kappa shape index (κ3) is 9.58. The third-order valence-electron chi connectivity index (χ3n) is 3.57. The molecule has 1 N–H and O–H groups in total. The molecule has 0 aromatic carbocycles. The highest BCUT2D eigenvalue weighted by molar-refractivity contribution is 7.84. The maximum absolute atomic E-state index is 13.6. The van der Waals surface area contributed by atoms with Crippen molar-refractivity contribution in [2.75, 3.05) is 0 Å². The Hall–Kier alpha value is -0.630. The summed E-state index contributed by atoms with van der Waals surface area (Å²) < 4.78 is 59.3. The molecular weight excluding hydrogens is 355 g/mol. The number of rotatable bonds is 10. The summed E-state index contributed by atoms with van der Waals surface area (Å²) >= 11 is 0. The first kappa shape index (κ1) is 24.4. The van der Waals surface area contributed by atoms with Crippen molar-refractivity contribution in [2.24, 2.45) is 5.92 Å². The molecule has 0 amide bonds. The fourth-order valence-electron chi connectivity index (χ4n) is 2.20. The average molecular weight is 388 g/mol. The number of carbonyl (C=O) groups is 1. The van der Waals surface area contributed by atoms with Crippen molar-refractivity contribution in [3.8, 4) is 0 Å². The van der Waals surface area contributed by atoms with Crippen LogP contribution >= 0.6 is 0 Å². The highest BCUT2D eigenvalue weighted by Crippen LogP contribution is 2.31. The first-order valence-corrected chi connectivity index (χ1v) is 9.91. The van der Waals surface area contributed by atoms with Gasteiger partial charge in [-0.1, -0.05) is 32.6 Å². The van der Waals surface area contributed by atoms with Gasteiger partial charge in [0.1, 0.15) is 6.04 Å². The molecule has 0 rings (SSSR count). The zero-order valence-electron chi connectivity index (χ0n) is 16.0. The van der Waals surface area contributed by atoms with Gasteiger partial charge in [-0.2, -0.15) is 13.2 Å². The lowest BCUT2D eigenvalue weighted by Gasteiger charge is -2.31. The van der Waals surface area contributed by atoms with Crippen LogP contribution in [0.2, 0.25) is 0 Å². The number of ether oxygens (including phenoxy) is 1. The number of nitrogens with one attached hydrogen (secondary N) is 1. The van der Waals surface area contributed by atoms with Crippen LogP contribution in [0, 0.1) is 5.92 Å². The summed E-state index contributed by atoms with van der Waals surface area (Å²) in [6, 6.07) is -2.19. The Bertz CT molecular complexity index is 434. The molecule has 0 aliphatic heterocycles. The van der Waals surface area contributed by atoms with Gasteiger partial charge < -0.3 is 4.74 Å². The summed E-state index contributed by atoms with van der Waals surface area (Å²) in [5, 5.41) is 0. The van der Waals surface area contributed by atoms with E-state index in [0.717, 1.165) is 19.3 Å². The van der Waals surface area contributed by atoms with E-state index in [1.54, 1.807) is 34.6 Å². The number of carbonyl (C=O) groups excluding carboxylic acids is 1. The van der Waals surface area contributed by atoms with E-state index in [9.17, 15) is 22.2 Å². The van der Waals surface area contributed by atoms with Gasteiger partial charge in [0.05, 0.1) is 27.8 Å². The van der Waals surface area contributed by atoms with Crippen LogP contribution in [0.5, 0.6) is 0 Å². The van der Waals surface area contributed by atoms with E-state index in [0.29, 0.717) is 6.42 Å². The van der Waals surface area contributed by atoms with E-state index in [4.69, 9.17) is 4.74 Å². The average Bonchev–Trinajstić information content (AvgIpc) is 2.42. The van der Waals surface area contributed by atoms with Gasteiger partial charge in [-0.15, -0.1) is 0 Å². The standard InChI is InChI=1S/C17H32F3NO3S/c1-7-8-9-10-11-13(15(22)24-12(2)3)14(17(18,19)20)21-25(23)16(4,5)6/h12-14,21H,7-11H2,1-6H3/t13-,14-,25-/m0/s1. The van der Waals surface area contributed by atoms with E-state index < -0.39 is 45.9 Å². The largest absolute Gasteiger partial charge is 0.463 e. The highest BCUT2D eigenvalue weighted by atomic mass is 32.2. The number of alkyl halides is 3. The molecule has 8 heteroatoms. The molecule has 3 atom stereocenters. The SMILES string of the molecule is CCCCCC[C@H](C(=O)OC(C)C)[C@H](N[S@@](=O)C(C)(C)C)C(F)(F)F. The van der Waals surface area contributed by atoms with Crippen LogP contribution in [-0.4, -0.2) is 33.2 Å². The van der Waals surface area contributed by atoms with E-state index >= 15 is 0 Å². The Morgan fingerprint density at radius 2 is 1.68 bits per heavy atom. The molecule has 0 aromatic heterocycles. The van der Waals surface area contributed by atoms with Crippen LogP contribution in [0.4, 0.5) is 13.2 Å². The second-order valence-corrected chi connectivity index (χ2v) is 9.46. The Morgan fingerprint density at radius 1 is 1.12 bits per heavy atom. The third-order valence-corrected chi connectivity index (χ3v) is 5.15. The highest BCUT2D eigenvalue weighted by Gasteiger charge is 2.49. The van der Waals surface area contributed by atoms with Crippen molar-refractivity contribution in [1.82, 2.24) is 4.72 Å². The Morgan fingerprint density at radius 3 is 2.08 bits per heavy atom. The molecule has 0 aliphatic carbocycles. The molecule has 0 aromatic rings. The molecule has 150 valence electrons. The summed E-state index contributed by atoms with van der Waals surface area (Å²) in [7, 11) is -1.95. The first-order chi connectivity index (χ1) is 11.3. The summed E-state index contributed by atoms with van der Waals surface area (Å²) in [5.74, 6) is -2.31. The number of halogens is 3. The van der Waals surface area contributed by atoms with Crippen molar-refractivity contribution in [3.05, 3.63) is 0 Å². The number of unbranched alkanes of at least 4 members (excludes halogenated alkanes) is 3. The van der Waals surface area contributed by atoms with Crippen molar-refractivity contribution < 1.29 is 26.9 Å². The lowest BCUT2D eigenvalue weighted by Crippen LogP contribution is -2.53. The molecule has 0 saturated carbocycles. The van der Waals surface area contributed by atoms with Crippen LogP contribution in [0.3, 0.4) is 0 Å². The molecule has 0 radical (unpaired) electrons. The van der Waals surface area contributed by atoms with Crippen LogP contribution in [0.25, 0.3) is 0 Å². The minimum atomic E-state index is -4.70. The van der Waals surface area contributed by atoms with Gasteiger partial charge in [0, 0.05) is 0 Å². The molecule has 0 heterocycles. The first-order valence-electron chi connectivity index (χ1n) is 8.76. The van der Waals surface area contributed by atoms with Gasteiger partial charge in [-0.05, 0) is 41.0 Å². The van der Waals surface area contributed by atoms with Gasteiger partial charge in [-0.3, -0.25) is 4.79 Å². The predicted molar refractivity (Wildman–Crippen MR) is 94.4 cm³/mol. The van der Waals surface area contributed by atoms with Crippen LogP contribution in [-0.2, 0) is 20.5 Å². The lowest BCUT2D eigenvalue weighted by atomic mass is 9.93. The van der Waals surface area contributed by atoms with E-state index in [1.165, 1.54) is 0 Å². The van der Waals surface area contributed by atoms with Crippen molar-refractivity contribution >= 4 is 17.0 Å². The second-order valence-electron chi connectivity index (χ2n) is 7.46. The zero-order valence-corrected chi connectivity index (χ0v) is 16.9. The molecule has 4 nitrogen and oxygen atoms in total. The maximum Gasteiger partial charge on any atom is 0.405 e. The summed E-state index contributed by atoms with van der Waals surface area (Å²) in [4.78, 5) is 12.3. The molecule has 0 spiro atoms. The minimum absolute atomic E-state index is 0.0457. The van der Waals surface area contributed by atoms with Crippen molar-refractivity contribution in [3.63, 3.8) is 0 Å². The normalized spacial score (nSPS) is 16.6. The fourth-order valence-corrected chi connectivity index (χ4v) is 3.08. The lowest BCUT2D eigenvalue weighted by molar-refractivity contribution is -0.181. The number of hydrogen-bond donors (Lipinski definition) is 1. The summed E-state index contributed by atoms with van der Waals surface area (Å²) in [5.41, 5.74) is 0. The van der Waals surface area contributed by atoms with Gasteiger partial charge in [0.2, 0.25) is 0 Å². The van der Waals surface area contributed by atoms with Crippen LogP contribution < -0.4 is 4.72 Å². The van der Waals surface area contributed by atoms with Gasteiger partial charge in [-0.25, -0.2) is 8.93 Å². The predicted octanol–water partition coefficient (Wildman–Crippen LogP) is 4.51. The van der Waals surface area contributed by atoms with Gasteiger partial charge in [0.25, 0.3) is 0 Å². The maximum atomic E-state index is 13.6. The Kier molecular flexibility index (Phi) is 10.2. The smallest absolute Gasteiger partial charge is 0.405 e.